The molecule has 1 fully saturated rings. The number of hydrogen-bond donors (Lipinski definition) is 1. The molecule has 1 N–H and O–H groups in total. The van der Waals surface area contributed by atoms with Gasteiger partial charge in [-0.05, 0) is 44.9 Å². The van der Waals surface area contributed by atoms with Gasteiger partial charge in [-0.2, -0.15) is 0 Å². The van der Waals surface area contributed by atoms with E-state index in [1.807, 2.05) is 13.0 Å². The SMILES string of the molecule is CCn1c(=O)c(C)nc2cc(C(=O)NC3CCCCCC3)ccc21. The second-order valence-electron chi connectivity index (χ2n) is 6.61. The van der Waals surface area contributed by atoms with Crippen LogP contribution in [0.4, 0.5) is 0 Å². The van der Waals surface area contributed by atoms with Crippen molar-refractivity contribution >= 4 is 16.9 Å². The van der Waals surface area contributed by atoms with E-state index in [9.17, 15) is 9.59 Å². The average molecular weight is 327 g/mol. The molecule has 5 heteroatoms. The van der Waals surface area contributed by atoms with E-state index in [-0.39, 0.29) is 17.5 Å². The van der Waals surface area contributed by atoms with Crippen molar-refractivity contribution in [3.05, 3.63) is 39.8 Å². The summed E-state index contributed by atoms with van der Waals surface area (Å²) in [5, 5.41) is 3.16. The highest BCUT2D eigenvalue weighted by molar-refractivity contribution is 5.97. The Kier molecular flexibility index (Phi) is 4.97. The highest BCUT2D eigenvalue weighted by atomic mass is 16.1. The van der Waals surface area contributed by atoms with Gasteiger partial charge in [0.1, 0.15) is 5.69 Å². The first-order chi connectivity index (χ1) is 11.6. The van der Waals surface area contributed by atoms with Crippen molar-refractivity contribution in [2.24, 2.45) is 0 Å². The van der Waals surface area contributed by atoms with Crippen LogP contribution in [0.5, 0.6) is 0 Å². The summed E-state index contributed by atoms with van der Waals surface area (Å²) < 4.78 is 1.70. The molecule has 0 bridgehead atoms. The van der Waals surface area contributed by atoms with E-state index in [4.69, 9.17) is 0 Å². The van der Waals surface area contributed by atoms with E-state index < -0.39 is 0 Å². The molecule has 128 valence electrons. The van der Waals surface area contributed by atoms with Gasteiger partial charge in [-0.1, -0.05) is 25.7 Å². The zero-order valence-electron chi connectivity index (χ0n) is 14.5. The molecule has 1 heterocycles. The molecule has 0 unspecified atom stereocenters. The van der Waals surface area contributed by atoms with Crippen LogP contribution in [0.2, 0.25) is 0 Å². The van der Waals surface area contributed by atoms with E-state index in [1.54, 1.807) is 23.6 Å². The highest BCUT2D eigenvalue weighted by Crippen LogP contribution is 2.18. The van der Waals surface area contributed by atoms with Crippen molar-refractivity contribution in [2.45, 2.75) is 65.0 Å². The zero-order chi connectivity index (χ0) is 17.1. The van der Waals surface area contributed by atoms with E-state index >= 15 is 0 Å². The number of nitrogens with zero attached hydrogens (tertiary/aromatic N) is 2. The molecule has 1 aromatic carbocycles. The Balaban J connectivity index is 1.88. The van der Waals surface area contributed by atoms with Crippen LogP contribution < -0.4 is 10.9 Å². The molecular formula is C19H25N3O2. The van der Waals surface area contributed by atoms with E-state index in [0.717, 1.165) is 18.4 Å². The third-order valence-electron chi connectivity index (χ3n) is 4.88. The third kappa shape index (κ3) is 3.35. The summed E-state index contributed by atoms with van der Waals surface area (Å²) in [5.74, 6) is -0.0440. The largest absolute Gasteiger partial charge is 0.349 e. The first-order valence-corrected chi connectivity index (χ1v) is 8.92. The van der Waals surface area contributed by atoms with E-state index in [0.29, 0.717) is 23.3 Å². The minimum atomic E-state index is -0.0688. The monoisotopic (exact) mass is 327 g/mol. The average Bonchev–Trinajstić information content (AvgIpc) is 2.84. The molecule has 0 aliphatic heterocycles. The first-order valence-electron chi connectivity index (χ1n) is 8.92. The fraction of sp³-hybridized carbons (Fsp3) is 0.526. The fourth-order valence-electron chi connectivity index (χ4n) is 3.52. The van der Waals surface area contributed by atoms with Crippen LogP contribution in [-0.4, -0.2) is 21.5 Å². The van der Waals surface area contributed by atoms with Crippen molar-refractivity contribution in [1.29, 1.82) is 0 Å². The Hall–Kier alpha value is -2.17. The molecule has 1 saturated carbocycles. The maximum absolute atomic E-state index is 12.6. The van der Waals surface area contributed by atoms with Crippen molar-refractivity contribution in [1.82, 2.24) is 14.9 Å². The predicted octanol–water partition coefficient (Wildman–Crippen LogP) is 3.18. The summed E-state index contributed by atoms with van der Waals surface area (Å²) >= 11 is 0. The van der Waals surface area contributed by atoms with Crippen molar-refractivity contribution in [2.75, 3.05) is 0 Å². The van der Waals surface area contributed by atoms with Gasteiger partial charge in [-0.3, -0.25) is 9.59 Å². The Morgan fingerprint density at radius 2 is 1.96 bits per heavy atom. The van der Waals surface area contributed by atoms with Crippen LogP contribution in [-0.2, 0) is 6.54 Å². The maximum atomic E-state index is 12.6. The van der Waals surface area contributed by atoms with Gasteiger partial charge in [0, 0.05) is 18.2 Å². The Morgan fingerprint density at radius 1 is 1.25 bits per heavy atom. The van der Waals surface area contributed by atoms with Crippen LogP contribution >= 0.6 is 0 Å². The number of nitrogens with one attached hydrogen (secondary N) is 1. The Morgan fingerprint density at radius 3 is 2.62 bits per heavy atom. The number of amides is 1. The van der Waals surface area contributed by atoms with Gasteiger partial charge in [0.25, 0.3) is 11.5 Å². The van der Waals surface area contributed by atoms with Gasteiger partial charge >= 0.3 is 0 Å². The Labute approximate surface area is 142 Å². The smallest absolute Gasteiger partial charge is 0.272 e. The highest BCUT2D eigenvalue weighted by Gasteiger charge is 2.17. The molecule has 1 amide bonds. The van der Waals surface area contributed by atoms with Crippen molar-refractivity contribution in [3.8, 4) is 0 Å². The minimum Gasteiger partial charge on any atom is -0.349 e. The second-order valence-corrected chi connectivity index (χ2v) is 6.61. The number of carbonyl (C=O) groups is 1. The summed E-state index contributed by atoms with van der Waals surface area (Å²) in [4.78, 5) is 29.1. The number of hydrogen-bond acceptors (Lipinski definition) is 3. The molecule has 2 aromatic rings. The molecule has 0 saturated heterocycles. The molecule has 1 aliphatic rings. The molecule has 24 heavy (non-hydrogen) atoms. The van der Waals surface area contributed by atoms with Gasteiger partial charge in [0.05, 0.1) is 11.0 Å². The summed E-state index contributed by atoms with van der Waals surface area (Å²) in [5.41, 5.74) is 2.48. The molecule has 0 atom stereocenters. The standard InChI is InChI=1S/C19H25N3O2/c1-3-22-17-11-10-14(12-16(17)20-13(2)19(22)24)18(23)21-15-8-6-4-5-7-9-15/h10-12,15H,3-9H2,1-2H3,(H,21,23). The molecule has 1 aromatic heterocycles. The number of carbonyl (C=O) groups excluding carboxylic acids is 1. The molecule has 0 radical (unpaired) electrons. The lowest BCUT2D eigenvalue weighted by atomic mass is 10.1. The van der Waals surface area contributed by atoms with Crippen molar-refractivity contribution < 1.29 is 4.79 Å². The zero-order valence-corrected chi connectivity index (χ0v) is 14.5. The fourth-order valence-corrected chi connectivity index (χ4v) is 3.52. The third-order valence-corrected chi connectivity index (χ3v) is 4.88. The maximum Gasteiger partial charge on any atom is 0.272 e. The quantitative estimate of drug-likeness (QED) is 0.881. The number of aromatic nitrogens is 2. The molecule has 1 aliphatic carbocycles. The van der Waals surface area contributed by atoms with Gasteiger partial charge < -0.3 is 9.88 Å². The summed E-state index contributed by atoms with van der Waals surface area (Å²) in [6.45, 7) is 4.24. The van der Waals surface area contributed by atoms with Crippen molar-refractivity contribution in [3.63, 3.8) is 0 Å². The normalized spacial score (nSPS) is 16.1. The minimum absolute atomic E-state index is 0.0440. The number of fused-ring (bicyclic) bond motifs is 1. The van der Waals surface area contributed by atoms with Gasteiger partial charge in [0.15, 0.2) is 0 Å². The van der Waals surface area contributed by atoms with Crippen LogP contribution in [0, 0.1) is 6.92 Å². The van der Waals surface area contributed by atoms with Crippen LogP contribution in [0.3, 0.4) is 0 Å². The summed E-state index contributed by atoms with van der Waals surface area (Å²) in [6, 6.07) is 5.68. The second kappa shape index (κ2) is 7.16. The van der Waals surface area contributed by atoms with Crippen LogP contribution in [0.25, 0.3) is 11.0 Å². The lowest BCUT2D eigenvalue weighted by Crippen LogP contribution is -2.34. The predicted molar refractivity (Wildman–Crippen MR) is 95.4 cm³/mol. The van der Waals surface area contributed by atoms with Gasteiger partial charge in [0.2, 0.25) is 0 Å². The first kappa shape index (κ1) is 16.7. The van der Waals surface area contributed by atoms with E-state index in [2.05, 4.69) is 10.3 Å². The van der Waals surface area contributed by atoms with E-state index in [1.165, 1.54) is 25.7 Å². The van der Waals surface area contributed by atoms with Gasteiger partial charge in [-0.25, -0.2) is 4.98 Å². The number of aryl methyl sites for hydroxylation is 2. The number of benzene rings is 1. The molecule has 3 rings (SSSR count). The Bertz CT molecular complexity index is 802. The topological polar surface area (TPSA) is 64.0 Å². The summed E-state index contributed by atoms with van der Waals surface area (Å²) in [7, 11) is 0. The number of rotatable bonds is 3. The molecular weight excluding hydrogens is 302 g/mol. The lowest BCUT2D eigenvalue weighted by Gasteiger charge is -2.16. The lowest BCUT2D eigenvalue weighted by molar-refractivity contribution is 0.0933. The van der Waals surface area contributed by atoms with Crippen LogP contribution in [0.15, 0.2) is 23.0 Å². The molecule has 5 nitrogen and oxygen atoms in total. The summed E-state index contributed by atoms with van der Waals surface area (Å²) in [6.07, 6.45) is 7.02. The van der Waals surface area contributed by atoms with Gasteiger partial charge in [-0.15, -0.1) is 0 Å². The molecule has 0 spiro atoms. The van der Waals surface area contributed by atoms with Crippen LogP contribution in [0.1, 0.15) is 61.5 Å².